The van der Waals surface area contributed by atoms with Crippen molar-refractivity contribution < 1.29 is 33.5 Å². The van der Waals surface area contributed by atoms with E-state index >= 15 is 0 Å². The number of ether oxygens (including phenoxy) is 1. The summed E-state index contributed by atoms with van der Waals surface area (Å²) in [6.45, 7) is 16.5. The Morgan fingerprint density at radius 2 is 1.57 bits per heavy atom. The summed E-state index contributed by atoms with van der Waals surface area (Å²) in [4.78, 5) is 83.0. The average Bonchev–Trinajstić information content (AvgIpc) is 4.05. The molecule has 5 atom stereocenters. The highest BCUT2D eigenvalue weighted by atomic mass is 16.5. The van der Waals surface area contributed by atoms with Gasteiger partial charge in [-0.15, -0.1) is 6.58 Å². The molecule has 13 heteroatoms. The molecule has 6 amide bonds. The number of alkyl carbamates (subject to hydrolysis) is 1. The monoisotopic (exact) mass is 742 g/mol. The van der Waals surface area contributed by atoms with Crippen LogP contribution in [0.5, 0.6) is 0 Å². The van der Waals surface area contributed by atoms with E-state index in [9.17, 15) is 28.8 Å². The molecule has 0 radical (unpaired) electrons. The van der Waals surface area contributed by atoms with E-state index in [2.05, 4.69) is 33.2 Å². The topological polar surface area (TPSA) is 175 Å². The first-order chi connectivity index (χ1) is 25.0. The molecule has 0 bridgehead atoms. The third-order valence-electron chi connectivity index (χ3n) is 11.9. The minimum absolute atomic E-state index is 0.0417. The summed E-state index contributed by atoms with van der Waals surface area (Å²) in [5, 5.41) is 14.3. The van der Waals surface area contributed by atoms with E-state index in [0.29, 0.717) is 37.8 Å². The van der Waals surface area contributed by atoms with Gasteiger partial charge in [-0.05, 0) is 79.4 Å². The molecule has 4 fully saturated rings. The Balaban J connectivity index is 1.53. The number of ketones is 1. The van der Waals surface area contributed by atoms with Crippen LogP contribution in [-0.4, -0.2) is 90.9 Å². The normalized spacial score (nSPS) is 22.9. The first-order valence-electron chi connectivity index (χ1n) is 20.1. The summed E-state index contributed by atoms with van der Waals surface area (Å²) in [6.07, 6.45) is 11.3. The van der Waals surface area contributed by atoms with E-state index in [4.69, 9.17) is 4.74 Å². The number of carbonyl (C=O) groups excluding carboxylic acids is 6. The minimum atomic E-state index is -1.01. The van der Waals surface area contributed by atoms with Crippen LogP contribution in [-0.2, 0) is 23.9 Å². The van der Waals surface area contributed by atoms with E-state index in [-0.39, 0.29) is 30.9 Å². The highest BCUT2D eigenvalue weighted by Gasteiger charge is 2.50. The van der Waals surface area contributed by atoms with Crippen LogP contribution in [0.15, 0.2) is 12.7 Å². The Morgan fingerprint density at radius 3 is 2.15 bits per heavy atom. The second-order valence-electron chi connectivity index (χ2n) is 17.7. The van der Waals surface area contributed by atoms with Crippen LogP contribution < -0.4 is 26.6 Å². The third-order valence-corrected chi connectivity index (χ3v) is 11.9. The largest absolute Gasteiger partial charge is 0.447 e. The van der Waals surface area contributed by atoms with Gasteiger partial charge in [-0.3, -0.25) is 19.2 Å². The van der Waals surface area contributed by atoms with Gasteiger partial charge in [-0.25, -0.2) is 9.59 Å². The maximum absolute atomic E-state index is 14.9. The Morgan fingerprint density at radius 1 is 0.906 bits per heavy atom. The standard InChI is InChI=1S/C40H66N6O7/c1-8-21-41-35(49)32(47)29(17-16-26-12-13-26)43-34(48)31-28(25(2)3)18-22-46(31)36(50)33(40(7)19-10-9-11-20-40)45-37(51)44-30(39(4,5)6)24-53-38(52)42-23-27-14-15-27/h8,25-31,33H,1,9-24H2,2-7H3,(H,41,49)(H,42,52)(H,43,48)(H2,44,45,51)/t28-,29?,30-,31?,33?/m1/s1. The maximum atomic E-state index is 14.9. The number of Topliss-reactive ketones (excluding diaryl/α,β-unsaturated/α-hetero) is 1. The third kappa shape index (κ3) is 12.2. The Labute approximate surface area is 316 Å². The van der Waals surface area contributed by atoms with E-state index in [1.165, 1.54) is 6.08 Å². The van der Waals surface area contributed by atoms with Crippen LogP contribution in [0.3, 0.4) is 0 Å². The summed E-state index contributed by atoms with van der Waals surface area (Å²) in [7, 11) is 0. The van der Waals surface area contributed by atoms with Crippen molar-refractivity contribution in [3.8, 4) is 0 Å². The molecule has 3 aliphatic carbocycles. The van der Waals surface area contributed by atoms with Gasteiger partial charge >= 0.3 is 12.1 Å². The highest BCUT2D eigenvalue weighted by Crippen LogP contribution is 2.41. The molecule has 1 heterocycles. The van der Waals surface area contributed by atoms with Crippen molar-refractivity contribution in [1.29, 1.82) is 0 Å². The number of carbonyl (C=O) groups is 6. The van der Waals surface area contributed by atoms with Gasteiger partial charge in [0, 0.05) is 19.6 Å². The SMILES string of the molecule is C=CCNC(=O)C(=O)C(CCC1CC1)NC(=O)C1[C@@H](C(C)C)CCN1C(=O)C(NC(=O)N[C@H](COC(=O)NCC1CC1)C(C)(C)C)C1(C)CCCCC1. The van der Waals surface area contributed by atoms with Gasteiger partial charge in [0.15, 0.2) is 0 Å². The van der Waals surface area contributed by atoms with Gasteiger partial charge in [0.1, 0.15) is 18.7 Å². The predicted molar refractivity (Wildman–Crippen MR) is 203 cm³/mol. The Kier molecular flexibility index (Phi) is 14.8. The van der Waals surface area contributed by atoms with Crippen molar-refractivity contribution in [2.45, 2.75) is 143 Å². The van der Waals surface area contributed by atoms with Crippen LogP contribution in [0.25, 0.3) is 0 Å². The zero-order valence-electron chi connectivity index (χ0n) is 33.0. The number of rotatable bonds is 18. The minimum Gasteiger partial charge on any atom is -0.447 e. The fourth-order valence-corrected chi connectivity index (χ4v) is 7.79. The lowest BCUT2D eigenvalue weighted by atomic mass is 9.70. The fraction of sp³-hybridized carbons (Fsp3) is 0.800. The number of nitrogens with zero attached hydrogens (tertiary/aromatic N) is 1. The van der Waals surface area contributed by atoms with Crippen LogP contribution in [0.4, 0.5) is 9.59 Å². The second kappa shape index (κ2) is 18.6. The van der Waals surface area contributed by atoms with Gasteiger partial charge in [0.05, 0.1) is 12.1 Å². The molecular weight excluding hydrogens is 676 g/mol. The Hall–Kier alpha value is -3.64. The number of likely N-dealkylation sites (tertiary alicyclic amines) is 1. The van der Waals surface area contributed by atoms with Crippen molar-refractivity contribution in [3.63, 3.8) is 0 Å². The molecule has 5 N–H and O–H groups in total. The maximum Gasteiger partial charge on any atom is 0.407 e. The van der Waals surface area contributed by atoms with Crippen LogP contribution in [0.2, 0.25) is 0 Å². The summed E-state index contributed by atoms with van der Waals surface area (Å²) in [5.74, 6) is -1.42. The summed E-state index contributed by atoms with van der Waals surface area (Å²) in [5.41, 5.74) is -1.03. The van der Waals surface area contributed by atoms with Crippen molar-refractivity contribution in [2.24, 2.45) is 34.5 Å². The zero-order chi connectivity index (χ0) is 38.9. The lowest BCUT2D eigenvalue weighted by Gasteiger charge is -2.43. The number of hydrogen-bond acceptors (Lipinski definition) is 7. The van der Waals surface area contributed by atoms with Crippen molar-refractivity contribution in [3.05, 3.63) is 12.7 Å². The predicted octanol–water partition coefficient (Wildman–Crippen LogP) is 4.59. The highest BCUT2D eigenvalue weighted by molar-refractivity contribution is 6.38. The molecule has 0 spiro atoms. The summed E-state index contributed by atoms with van der Waals surface area (Å²) in [6, 6.07) is -3.91. The van der Waals surface area contributed by atoms with Gasteiger partial charge in [-0.2, -0.15) is 0 Å². The smallest absolute Gasteiger partial charge is 0.407 e. The number of nitrogens with one attached hydrogen (secondary N) is 5. The average molecular weight is 743 g/mol. The zero-order valence-corrected chi connectivity index (χ0v) is 33.0. The van der Waals surface area contributed by atoms with Gasteiger partial charge in [0.2, 0.25) is 17.6 Å². The second-order valence-corrected chi connectivity index (χ2v) is 17.7. The molecule has 0 aromatic heterocycles. The lowest BCUT2D eigenvalue weighted by Crippen LogP contribution is -2.63. The molecule has 3 unspecified atom stereocenters. The van der Waals surface area contributed by atoms with Gasteiger partial charge in [0.25, 0.3) is 5.91 Å². The molecule has 0 aromatic carbocycles. The molecule has 0 aromatic rings. The molecule has 1 aliphatic heterocycles. The quantitative estimate of drug-likeness (QED) is 0.101. The van der Waals surface area contributed by atoms with E-state index in [0.717, 1.165) is 64.2 Å². The molecular formula is C40H66N6O7. The molecule has 4 aliphatic rings. The van der Waals surface area contributed by atoms with Crippen LogP contribution in [0.1, 0.15) is 119 Å². The van der Waals surface area contributed by atoms with Crippen molar-refractivity contribution >= 4 is 35.6 Å². The van der Waals surface area contributed by atoms with E-state index in [1.807, 2.05) is 41.5 Å². The summed E-state index contributed by atoms with van der Waals surface area (Å²) < 4.78 is 5.50. The van der Waals surface area contributed by atoms with Crippen LogP contribution in [0, 0.1) is 34.5 Å². The van der Waals surface area contributed by atoms with Crippen molar-refractivity contribution in [2.75, 3.05) is 26.2 Å². The first kappa shape index (κ1) is 42.1. The van der Waals surface area contributed by atoms with Crippen molar-refractivity contribution in [1.82, 2.24) is 31.5 Å². The summed E-state index contributed by atoms with van der Waals surface area (Å²) >= 11 is 0. The molecule has 1 saturated heterocycles. The molecule has 3 saturated carbocycles. The van der Waals surface area contributed by atoms with E-state index in [1.54, 1.807) is 4.90 Å². The fourth-order valence-electron chi connectivity index (χ4n) is 7.79. The molecule has 53 heavy (non-hydrogen) atoms. The molecule has 298 valence electrons. The number of urea groups is 1. The first-order valence-corrected chi connectivity index (χ1v) is 20.1. The number of hydrogen-bond donors (Lipinski definition) is 5. The van der Waals surface area contributed by atoms with Gasteiger partial charge in [-0.1, -0.05) is 79.7 Å². The van der Waals surface area contributed by atoms with Gasteiger partial charge < -0.3 is 36.2 Å². The molecule has 4 rings (SSSR count). The lowest BCUT2D eigenvalue weighted by molar-refractivity contribution is -0.145. The van der Waals surface area contributed by atoms with Crippen LogP contribution >= 0.6 is 0 Å². The molecule has 13 nitrogen and oxygen atoms in total. The number of amides is 6. The Bertz CT molecular complexity index is 1330. The van der Waals surface area contributed by atoms with E-state index < -0.39 is 64.7 Å².